The van der Waals surface area contributed by atoms with Gasteiger partial charge in [-0.2, -0.15) is 0 Å². The van der Waals surface area contributed by atoms with Gasteiger partial charge in [0.05, 0.1) is 0 Å². The quantitative estimate of drug-likeness (QED) is 0.664. The normalized spacial score (nSPS) is 12.8. The monoisotopic (exact) mass is 398 g/mol. The predicted molar refractivity (Wildman–Crippen MR) is 107 cm³/mol. The minimum atomic E-state index is -0.397. The standard InChI is InChI=1S/C19H22N6O4/c1-3-7-23(2)17-18-22-25(19(27)24(18)8-6-20-17)12-16(26)21-13-4-5-14-15(11-13)29-10-9-28-14/h4-6,8,11H,3,7,9-10,12H2,1-2H3,(H,21,26). The fourth-order valence-corrected chi connectivity index (χ4v) is 3.21. The number of anilines is 2. The fourth-order valence-electron chi connectivity index (χ4n) is 3.21. The van der Waals surface area contributed by atoms with Gasteiger partial charge in [-0.3, -0.25) is 4.79 Å². The van der Waals surface area contributed by atoms with Gasteiger partial charge in [-0.25, -0.2) is 18.9 Å². The van der Waals surface area contributed by atoms with Crippen molar-refractivity contribution >= 4 is 23.1 Å². The first-order valence-corrected chi connectivity index (χ1v) is 9.41. The molecule has 0 radical (unpaired) electrons. The molecule has 1 amide bonds. The van der Waals surface area contributed by atoms with E-state index in [0.717, 1.165) is 17.6 Å². The number of rotatable bonds is 6. The molecule has 1 N–H and O–H groups in total. The topological polar surface area (TPSA) is 103 Å². The summed E-state index contributed by atoms with van der Waals surface area (Å²) in [5, 5.41) is 7.09. The van der Waals surface area contributed by atoms with E-state index in [1.54, 1.807) is 30.6 Å². The van der Waals surface area contributed by atoms with Crippen LogP contribution in [0.4, 0.5) is 11.5 Å². The number of hydrogen-bond donors (Lipinski definition) is 1. The summed E-state index contributed by atoms with van der Waals surface area (Å²) in [6.07, 6.45) is 4.03. The van der Waals surface area contributed by atoms with Crippen molar-refractivity contribution in [2.75, 3.05) is 37.0 Å². The molecule has 0 atom stereocenters. The summed E-state index contributed by atoms with van der Waals surface area (Å²) < 4.78 is 13.5. The number of benzene rings is 1. The maximum atomic E-state index is 12.6. The van der Waals surface area contributed by atoms with Crippen molar-refractivity contribution in [1.29, 1.82) is 0 Å². The van der Waals surface area contributed by atoms with E-state index in [9.17, 15) is 9.59 Å². The van der Waals surface area contributed by atoms with Crippen molar-refractivity contribution in [3.05, 3.63) is 41.1 Å². The molecule has 2 aromatic heterocycles. The number of hydrogen-bond acceptors (Lipinski definition) is 7. The molecule has 152 valence electrons. The second-order valence-electron chi connectivity index (χ2n) is 6.71. The van der Waals surface area contributed by atoms with Crippen LogP contribution in [-0.4, -0.2) is 51.9 Å². The van der Waals surface area contributed by atoms with Crippen molar-refractivity contribution in [3.8, 4) is 11.5 Å². The number of carbonyl (C=O) groups excluding carboxylic acids is 1. The van der Waals surface area contributed by atoms with Crippen LogP contribution in [0.3, 0.4) is 0 Å². The molecule has 0 aliphatic carbocycles. The van der Waals surface area contributed by atoms with Crippen LogP contribution in [-0.2, 0) is 11.3 Å². The van der Waals surface area contributed by atoms with Gasteiger partial charge in [0.15, 0.2) is 17.3 Å². The van der Waals surface area contributed by atoms with Gasteiger partial charge in [0.2, 0.25) is 11.6 Å². The van der Waals surface area contributed by atoms with Gasteiger partial charge < -0.3 is 19.7 Å². The van der Waals surface area contributed by atoms with Gasteiger partial charge >= 0.3 is 5.69 Å². The molecule has 0 saturated carbocycles. The molecule has 0 fully saturated rings. The zero-order valence-electron chi connectivity index (χ0n) is 16.3. The predicted octanol–water partition coefficient (Wildman–Crippen LogP) is 1.15. The molecule has 1 aliphatic rings. The third kappa shape index (κ3) is 3.73. The van der Waals surface area contributed by atoms with Crippen molar-refractivity contribution in [2.24, 2.45) is 0 Å². The second kappa shape index (κ2) is 7.82. The molecule has 3 heterocycles. The molecule has 1 aromatic carbocycles. The lowest BCUT2D eigenvalue weighted by molar-refractivity contribution is -0.117. The van der Waals surface area contributed by atoms with Gasteiger partial charge in [-0.15, -0.1) is 5.10 Å². The number of nitrogens with zero attached hydrogens (tertiary/aromatic N) is 5. The maximum Gasteiger partial charge on any atom is 0.350 e. The molecular weight excluding hydrogens is 376 g/mol. The number of amides is 1. The van der Waals surface area contributed by atoms with Crippen molar-refractivity contribution in [1.82, 2.24) is 19.2 Å². The van der Waals surface area contributed by atoms with Gasteiger partial charge in [-0.05, 0) is 18.6 Å². The molecule has 10 heteroatoms. The van der Waals surface area contributed by atoms with Gasteiger partial charge in [0, 0.05) is 37.7 Å². The smallest absolute Gasteiger partial charge is 0.350 e. The molecule has 0 bridgehead atoms. The molecular formula is C19H22N6O4. The van der Waals surface area contributed by atoms with Crippen LogP contribution >= 0.6 is 0 Å². The highest BCUT2D eigenvalue weighted by Crippen LogP contribution is 2.32. The lowest BCUT2D eigenvalue weighted by Gasteiger charge is -2.18. The van der Waals surface area contributed by atoms with E-state index in [1.165, 1.54) is 4.40 Å². The van der Waals surface area contributed by atoms with Gasteiger partial charge in [0.1, 0.15) is 19.8 Å². The third-order valence-electron chi connectivity index (χ3n) is 4.52. The molecule has 0 spiro atoms. The minimum Gasteiger partial charge on any atom is -0.486 e. The van der Waals surface area contributed by atoms with Crippen LogP contribution < -0.4 is 25.4 Å². The average molecular weight is 398 g/mol. The number of ether oxygens (including phenoxy) is 2. The highest BCUT2D eigenvalue weighted by Gasteiger charge is 2.17. The molecule has 29 heavy (non-hydrogen) atoms. The first kappa shape index (κ1) is 18.8. The number of nitrogens with one attached hydrogen (secondary N) is 1. The van der Waals surface area contributed by atoms with Gasteiger partial charge in [0.25, 0.3) is 0 Å². The first-order chi connectivity index (χ1) is 14.1. The van der Waals surface area contributed by atoms with Gasteiger partial charge in [-0.1, -0.05) is 6.92 Å². The van der Waals surface area contributed by atoms with E-state index in [2.05, 4.69) is 22.3 Å². The summed E-state index contributed by atoms with van der Waals surface area (Å²) in [7, 11) is 1.89. The van der Waals surface area contributed by atoms with E-state index in [-0.39, 0.29) is 12.5 Å². The lowest BCUT2D eigenvalue weighted by atomic mass is 10.2. The molecule has 1 aliphatic heterocycles. The lowest BCUT2D eigenvalue weighted by Crippen LogP contribution is -2.28. The summed E-state index contributed by atoms with van der Waals surface area (Å²) in [6.45, 7) is 3.58. The van der Waals surface area contributed by atoms with Crippen LogP contribution in [0.15, 0.2) is 35.4 Å². The molecule has 4 rings (SSSR count). The Hall–Kier alpha value is -3.56. The summed E-state index contributed by atoms with van der Waals surface area (Å²) in [5.41, 5.74) is 0.576. The van der Waals surface area contributed by atoms with Crippen molar-refractivity contribution in [3.63, 3.8) is 0 Å². The largest absolute Gasteiger partial charge is 0.486 e. The van der Waals surface area contributed by atoms with E-state index in [1.807, 2.05) is 11.9 Å². The Morgan fingerprint density at radius 2 is 2.07 bits per heavy atom. The third-order valence-corrected chi connectivity index (χ3v) is 4.52. The summed E-state index contributed by atoms with van der Waals surface area (Å²) >= 11 is 0. The maximum absolute atomic E-state index is 12.6. The SMILES string of the molecule is CCCN(C)c1nccn2c(=O)n(CC(=O)Nc3ccc4c(c3)OCCO4)nc12. The molecule has 3 aromatic rings. The number of fused-ring (bicyclic) bond motifs is 2. The Labute approximate surface area is 166 Å². The summed E-state index contributed by atoms with van der Waals surface area (Å²) in [6, 6.07) is 5.16. The number of aromatic nitrogens is 4. The summed E-state index contributed by atoms with van der Waals surface area (Å²) in [5.74, 6) is 1.44. The summed E-state index contributed by atoms with van der Waals surface area (Å²) in [4.78, 5) is 31.4. The van der Waals surface area contributed by atoms with E-state index in [4.69, 9.17) is 9.47 Å². The number of carbonyl (C=O) groups is 1. The van der Waals surface area contributed by atoms with E-state index >= 15 is 0 Å². The second-order valence-corrected chi connectivity index (χ2v) is 6.71. The van der Waals surface area contributed by atoms with Crippen LogP contribution in [0.25, 0.3) is 5.65 Å². The van der Waals surface area contributed by atoms with Crippen molar-refractivity contribution in [2.45, 2.75) is 19.9 Å². The van der Waals surface area contributed by atoms with Crippen LogP contribution in [0.1, 0.15) is 13.3 Å². The fraction of sp³-hybridized carbons (Fsp3) is 0.368. The zero-order chi connectivity index (χ0) is 20.4. The molecule has 10 nitrogen and oxygen atoms in total. The first-order valence-electron chi connectivity index (χ1n) is 9.41. The average Bonchev–Trinajstić information content (AvgIpc) is 3.03. The zero-order valence-corrected chi connectivity index (χ0v) is 16.3. The Morgan fingerprint density at radius 3 is 2.86 bits per heavy atom. The Balaban J connectivity index is 1.54. The van der Waals surface area contributed by atoms with Crippen LogP contribution in [0.2, 0.25) is 0 Å². The van der Waals surface area contributed by atoms with Crippen molar-refractivity contribution < 1.29 is 14.3 Å². The van der Waals surface area contributed by atoms with Crippen LogP contribution in [0.5, 0.6) is 11.5 Å². The Kier molecular flexibility index (Phi) is 5.07. The molecule has 0 saturated heterocycles. The Morgan fingerprint density at radius 1 is 1.28 bits per heavy atom. The van der Waals surface area contributed by atoms with Crippen LogP contribution in [0, 0.1) is 0 Å². The Bertz CT molecular complexity index is 1110. The highest BCUT2D eigenvalue weighted by molar-refractivity contribution is 5.91. The molecule has 0 unspecified atom stereocenters. The minimum absolute atomic E-state index is 0.216. The van der Waals surface area contributed by atoms with E-state index < -0.39 is 5.69 Å². The van der Waals surface area contributed by atoms with E-state index in [0.29, 0.717) is 41.9 Å². The highest BCUT2D eigenvalue weighted by atomic mass is 16.6.